The van der Waals surface area contributed by atoms with Crippen molar-refractivity contribution in [1.82, 2.24) is 19.8 Å². The lowest BCUT2D eigenvalue weighted by atomic mass is 10.1. The fourth-order valence-electron chi connectivity index (χ4n) is 2.62. The van der Waals surface area contributed by atoms with Gasteiger partial charge in [-0.05, 0) is 36.4 Å². The summed E-state index contributed by atoms with van der Waals surface area (Å²) in [7, 11) is 1.60. The second kappa shape index (κ2) is 7.59. The largest absolute Gasteiger partial charge is 0.497 e. The van der Waals surface area contributed by atoms with Crippen LogP contribution < -0.4 is 4.74 Å². The van der Waals surface area contributed by atoms with Crippen LogP contribution in [0.4, 0.5) is 0 Å². The summed E-state index contributed by atoms with van der Waals surface area (Å²) in [6.45, 7) is 0. The molecule has 0 saturated heterocycles. The van der Waals surface area contributed by atoms with Crippen molar-refractivity contribution in [2.45, 2.75) is 5.03 Å². The normalized spacial score (nSPS) is 10.9. The number of Topliss-reactive ketones (excluding diaryl/α,β-unsaturated/α-hetero) is 1. The molecular weight excluding hydrogens is 360 g/mol. The maximum Gasteiger partial charge on any atom is 0.185 e. The lowest BCUT2D eigenvalue weighted by molar-refractivity contribution is 0.102. The smallest absolute Gasteiger partial charge is 0.185 e. The van der Waals surface area contributed by atoms with Crippen LogP contribution >= 0.6 is 11.8 Å². The molecule has 0 fully saturated rings. The highest BCUT2D eigenvalue weighted by Gasteiger charge is 2.12. The van der Waals surface area contributed by atoms with Gasteiger partial charge in [0.1, 0.15) is 10.8 Å². The predicted octanol–water partition coefficient (Wildman–Crippen LogP) is 3.77. The van der Waals surface area contributed by atoms with Crippen LogP contribution in [0.1, 0.15) is 10.4 Å². The predicted molar refractivity (Wildman–Crippen MR) is 104 cm³/mol. The van der Waals surface area contributed by atoms with E-state index in [1.54, 1.807) is 35.9 Å². The molecule has 0 N–H and O–H groups in total. The Labute approximate surface area is 160 Å². The monoisotopic (exact) mass is 376 g/mol. The number of benzene rings is 2. The quantitative estimate of drug-likeness (QED) is 0.377. The zero-order valence-electron chi connectivity index (χ0n) is 14.6. The molecule has 0 unspecified atom stereocenters. The lowest BCUT2D eigenvalue weighted by Gasteiger charge is -2.04. The summed E-state index contributed by atoms with van der Waals surface area (Å²) in [5, 5.41) is 13.7. The molecule has 0 radical (unpaired) electrons. The van der Waals surface area contributed by atoms with Crippen LogP contribution in [0.5, 0.6) is 5.75 Å². The molecule has 0 saturated carbocycles. The number of ether oxygens (including phenoxy) is 1. The number of nitrogens with zero attached hydrogens (tertiary/aromatic N) is 4. The Bertz CT molecular complexity index is 1080. The Balaban J connectivity index is 1.53. The van der Waals surface area contributed by atoms with E-state index in [4.69, 9.17) is 4.74 Å². The molecule has 0 bridgehead atoms. The van der Waals surface area contributed by atoms with Crippen molar-refractivity contribution in [2.75, 3.05) is 12.9 Å². The van der Waals surface area contributed by atoms with Gasteiger partial charge in [0.05, 0.1) is 12.9 Å². The first-order valence-electron chi connectivity index (χ1n) is 8.32. The van der Waals surface area contributed by atoms with Gasteiger partial charge in [-0.15, -0.1) is 10.2 Å². The fraction of sp³-hybridized carbons (Fsp3) is 0.100. The fourth-order valence-corrected chi connectivity index (χ4v) is 3.37. The Kier molecular flexibility index (Phi) is 4.84. The minimum atomic E-state index is 0.0385. The van der Waals surface area contributed by atoms with Gasteiger partial charge < -0.3 is 4.74 Å². The van der Waals surface area contributed by atoms with E-state index >= 15 is 0 Å². The Hall–Kier alpha value is -3.19. The minimum absolute atomic E-state index is 0.0385. The van der Waals surface area contributed by atoms with Crippen LogP contribution in [0.3, 0.4) is 0 Å². The molecule has 4 rings (SSSR count). The van der Waals surface area contributed by atoms with Gasteiger partial charge in [0.25, 0.3) is 0 Å². The van der Waals surface area contributed by atoms with Crippen molar-refractivity contribution in [3.8, 4) is 17.1 Å². The summed E-state index contributed by atoms with van der Waals surface area (Å²) in [5.41, 5.74) is 2.26. The number of ketones is 1. The van der Waals surface area contributed by atoms with Crippen LogP contribution in [0, 0.1) is 0 Å². The van der Waals surface area contributed by atoms with Gasteiger partial charge in [0.15, 0.2) is 17.3 Å². The molecule has 2 aromatic carbocycles. The Morgan fingerprint density at radius 2 is 1.78 bits per heavy atom. The molecule has 0 amide bonds. The summed E-state index contributed by atoms with van der Waals surface area (Å²) in [6, 6.07) is 20.6. The number of carbonyl (C=O) groups excluding carboxylic acids is 1. The van der Waals surface area contributed by atoms with Gasteiger partial charge in [-0.25, -0.2) is 0 Å². The standard InChI is InChI=1S/C20H16N4O2S/c1-26-16-9-7-14(8-10-16)17(25)13-27-19-12-11-18-21-22-20(24(18)23-19)15-5-3-2-4-6-15/h2-12H,13H2,1H3. The average Bonchev–Trinajstić information content (AvgIpc) is 3.16. The van der Waals surface area contributed by atoms with E-state index in [9.17, 15) is 4.79 Å². The summed E-state index contributed by atoms with van der Waals surface area (Å²) >= 11 is 1.39. The number of methoxy groups -OCH3 is 1. The molecule has 0 aliphatic rings. The van der Waals surface area contributed by atoms with Crippen molar-refractivity contribution >= 4 is 23.2 Å². The van der Waals surface area contributed by atoms with E-state index in [0.717, 1.165) is 16.3 Å². The first-order valence-corrected chi connectivity index (χ1v) is 9.31. The third kappa shape index (κ3) is 3.68. The van der Waals surface area contributed by atoms with E-state index in [1.807, 2.05) is 42.5 Å². The zero-order valence-corrected chi connectivity index (χ0v) is 15.4. The van der Waals surface area contributed by atoms with E-state index in [-0.39, 0.29) is 5.78 Å². The highest BCUT2D eigenvalue weighted by atomic mass is 32.2. The number of hydrogen-bond acceptors (Lipinski definition) is 6. The van der Waals surface area contributed by atoms with Gasteiger partial charge in [0.2, 0.25) is 0 Å². The summed E-state index contributed by atoms with van der Waals surface area (Å²) < 4.78 is 6.82. The Morgan fingerprint density at radius 3 is 2.52 bits per heavy atom. The molecule has 2 heterocycles. The molecule has 2 aromatic heterocycles. The molecule has 0 aliphatic carbocycles. The maximum atomic E-state index is 12.4. The number of rotatable bonds is 6. The zero-order chi connectivity index (χ0) is 18.6. The number of hydrogen-bond donors (Lipinski definition) is 0. The molecule has 27 heavy (non-hydrogen) atoms. The van der Waals surface area contributed by atoms with Gasteiger partial charge in [-0.1, -0.05) is 42.1 Å². The summed E-state index contributed by atoms with van der Waals surface area (Å²) in [6.07, 6.45) is 0. The second-order valence-corrected chi connectivity index (χ2v) is 6.77. The highest BCUT2D eigenvalue weighted by Crippen LogP contribution is 2.21. The first-order chi connectivity index (χ1) is 13.2. The van der Waals surface area contributed by atoms with Crippen molar-refractivity contribution in [3.05, 3.63) is 72.3 Å². The van der Waals surface area contributed by atoms with Crippen molar-refractivity contribution in [3.63, 3.8) is 0 Å². The average molecular weight is 376 g/mol. The second-order valence-electron chi connectivity index (χ2n) is 5.77. The van der Waals surface area contributed by atoms with Gasteiger partial charge in [-0.3, -0.25) is 4.79 Å². The van der Waals surface area contributed by atoms with Crippen LogP contribution in [-0.4, -0.2) is 38.5 Å². The molecule has 4 aromatic rings. The van der Waals surface area contributed by atoms with E-state index in [2.05, 4.69) is 15.3 Å². The van der Waals surface area contributed by atoms with E-state index in [0.29, 0.717) is 22.8 Å². The molecule has 0 spiro atoms. The van der Waals surface area contributed by atoms with Crippen LogP contribution in [0.25, 0.3) is 17.0 Å². The Morgan fingerprint density at radius 1 is 1.00 bits per heavy atom. The summed E-state index contributed by atoms with van der Waals surface area (Å²) in [5.74, 6) is 1.74. The number of carbonyl (C=O) groups is 1. The molecule has 0 atom stereocenters. The summed E-state index contributed by atoms with van der Waals surface area (Å²) in [4.78, 5) is 12.4. The number of fused-ring (bicyclic) bond motifs is 1. The van der Waals surface area contributed by atoms with Gasteiger partial charge in [0, 0.05) is 11.1 Å². The minimum Gasteiger partial charge on any atom is -0.497 e. The molecule has 134 valence electrons. The SMILES string of the molecule is COc1ccc(C(=O)CSc2ccc3nnc(-c4ccccc4)n3n2)cc1. The lowest BCUT2D eigenvalue weighted by Crippen LogP contribution is -2.03. The molecular formula is C20H16N4O2S. The van der Waals surface area contributed by atoms with Crippen molar-refractivity contribution in [2.24, 2.45) is 0 Å². The molecule has 6 nitrogen and oxygen atoms in total. The molecule has 0 aliphatic heterocycles. The van der Waals surface area contributed by atoms with E-state index in [1.165, 1.54) is 11.8 Å². The topological polar surface area (TPSA) is 69.4 Å². The third-order valence-electron chi connectivity index (χ3n) is 4.03. The van der Waals surface area contributed by atoms with Crippen molar-refractivity contribution in [1.29, 1.82) is 0 Å². The molecule has 7 heteroatoms. The van der Waals surface area contributed by atoms with Crippen LogP contribution in [-0.2, 0) is 0 Å². The van der Waals surface area contributed by atoms with Gasteiger partial charge in [-0.2, -0.15) is 9.61 Å². The van der Waals surface area contributed by atoms with Crippen LogP contribution in [0.2, 0.25) is 0 Å². The van der Waals surface area contributed by atoms with E-state index < -0.39 is 0 Å². The maximum absolute atomic E-state index is 12.4. The highest BCUT2D eigenvalue weighted by molar-refractivity contribution is 7.99. The number of aromatic nitrogens is 4. The first kappa shape index (κ1) is 17.2. The number of thioether (sulfide) groups is 1. The third-order valence-corrected chi connectivity index (χ3v) is 4.95. The van der Waals surface area contributed by atoms with Crippen LogP contribution in [0.15, 0.2) is 71.8 Å². The van der Waals surface area contributed by atoms with Gasteiger partial charge >= 0.3 is 0 Å². The van der Waals surface area contributed by atoms with Crippen molar-refractivity contribution < 1.29 is 9.53 Å².